The molecule has 1 aliphatic rings. The summed E-state index contributed by atoms with van der Waals surface area (Å²) in [4.78, 5) is 27.0. The van der Waals surface area contributed by atoms with Gasteiger partial charge in [-0.2, -0.15) is 0 Å². The van der Waals surface area contributed by atoms with Crippen LogP contribution < -0.4 is 15.5 Å². The highest BCUT2D eigenvalue weighted by atomic mass is 32.1. The second kappa shape index (κ2) is 8.06. The molecule has 146 valence electrons. The maximum Gasteiger partial charge on any atom is 0.268 e. The second-order valence-electron chi connectivity index (χ2n) is 7.08. The fourth-order valence-electron chi connectivity index (χ4n) is 3.63. The Balaban J connectivity index is 1.31. The molecule has 1 fully saturated rings. The summed E-state index contributed by atoms with van der Waals surface area (Å²) in [5, 5.41) is 7.53. The number of rotatable bonds is 5. The summed E-state index contributed by atoms with van der Waals surface area (Å²) in [5.41, 5.74) is 3.50. The van der Waals surface area contributed by atoms with E-state index in [4.69, 9.17) is 0 Å². The number of carbonyl (C=O) groups is 2. The highest BCUT2D eigenvalue weighted by Gasteiger charge is 2.15. The van der Waals surface area contributed by atoms with Gasteiger partial charge >= 0.3 is 0 Å². The van der Waals surface area contributed by atoms with Gasteiger partial charge in [0.1, 0.15) is 5.69 Å². The number of piperidine rings is 1. The van der Waals surface area contributed by atoms with Crippen LogP contribution >= 0.6 is 11.3 Å². The molecule has 0 bridgehead atoms. The molecule has 1 saturated heterocycles. The number of amides is 2. The Kier molecular flexibility index (Phi) is 5.34. The molecule has 1 aliphatic heterocycles. The Morgan fingerprint density at radius 2 is 1.82 bits per heavy atom. The van der Waals surface area contributed by atoms with Crippen LogP contribution in [0.2, 0.25) is 0 Å². The van der Waals surface area contributed by atoms with Crippen LogP contribution in [0.4, 0.5) is 11.4 Å². The SMILES string of the molecule is Cn1c(C(=O)NCC(=O)Nc2ccc(N3CCCCC3)cc2)cc2sccc21. The number of hydrogen-bond donors (Lipinski definition) is 2. The standard InChI is InChI=1S/C21H24N4O2S/c1-24-17-9-12-28-19(17)13-18(24)21(27)22-14-20(26)23-15-5-7-16(8-6-15)25-10-3-2-4-11-25/h5-9,12-13H,2-4,10-11,14H2,1H3,(H,22,27)(H,23,26). The van der Waals surface area contributed by atoms with E-state index in [0.717, 1.165) is 29.0 Å². The lowest BCUT2D eigenvalue weighted by Crippen LogP contribution is -2.33. The molecule has 0 atom stereocenters. The van der Waals surface area contributed by atoms with Crippen LogP contribution in [0, 0.1) is 0 Å². The van der Waals surface area contributed by atoms with Gasteiger partial charge in [-0.15, -0.1) is 11.3 Å². The van der Waals surface area contributed by atoms with Gasteiger partial charge in [0.25, 0.3) is 5.91 Å². The number of carbonyl (C=O) groups excluding carboxylic acids is 2. The van der Waals surface area contributed by atoms with Gasteiger partial charge in [0, 0.05) is 31.5 Å². The molecule has 0 radical (unpaired) electrons. The van der Waals surface area contributed by atoms with Gasteiger partial charge in [0.15, 0.2) is 0 Å². The van der Waals surface area contributed by atoms with Gasteiger partial charge in [0.05, 0.1) is 16.8 Å². The van der Waals surface area contributed by atoms with Crippen molar-refractivity contribution in [3.05, 3.63) is 47.5 Å². The zero-order valence-corrected chi connectivity index (χ0v) is 16.7. The number of hydrogen-bond acceptors (Lipinski definition) is 4. The van der Waals surface area contributed by atoms with Gasteiger partial charge in [-0.05, 0) is 61.0 Å². The predicted molar refractivity (Wildman–Crippen MR) is 114 cm³/mol. The maximum absolute atomic E-state index is 12.4. The summed E-state index contributed by atoms with van der Waals surface area (Å²) >= 11 is 1.59. The first-order valence-electron chi connectivity index (χ1n) is 9.58. The summed E-state index contributed by atoms with van der Waals surface area (Å²) in [6, 6.07) is 11.7. The molecule has 1 aromatic carbocycles. The fourth-order valence-corrected chi connectivity index (χ4v) is 4.48. The first-order chi connectivity index (χ1) is 13.6. The van der Waals surface area contributed by atoms with Gasteiger partial charge in [0.2, 0.25) is 5.91 Å². The number of aryl methyl sites for hydroxylation is 1. The average Bonchev–Trinajstić information content (AvgIpc) is 3.30. The first kappa shape index (κ1) is 18.6. The van der Waals surface area contributed by atoms with Crippen LogP contribution in [0.5, 0.6) is 0 Å². The Morgan fingerprint density at radius 3 is 2.54 bits per heavy atom. The number of nitrogens with one attached hydrogen (secondary N) is 2. The molecule has 0 saturated carbocycles. The van der Waals surface area contributed by atoms with E-state index in [9.17, 15) is 9.59 Å². The second-order valence-corrected chi connectivity index (χ2v) is 8.03. The van der Waals surface area contributed by atoms with Crippen LogP contribution in [0.15, 0.2) is 41.8 Å². The zero-order chi connectivity index (χ0) is 19.5. The summed E-state index contributed by atoms with van der Waals surface area (Å²) in [7, 11) is 1.86. The summed E-state index contributed by atoms with van der Waals surface area (Å²) in [5.74, 6) is -0.489. The number of thiophene rings is 1. The van der Waals surface area contributed by atoms with Crippen molar-refractivity contribution in [3.63, 3.8) is 0 Å². The number of nitrogens with zero attached hydrogens (tertiary/aromatic N) is 2. The fraction of sp³-hybridized carbons (Fsp3) is 0.333. The Labute approximate surface area is 168 Å². The molecule has 6 nitrogen and oxygen atoms in total. The lowest BCUT2D eigenvalue weighted by atomic mass is 10.1. The smallest absolute Gasteiger partial charge is 0.268 e. The Hall–Kier alpha value is -2.80. The molecule has 7 heteroatoms. The summed E-state index contributed by atoms with van der Waals surface area (Å²) < 4.78 is 2.91. The van der Waals surface area contributed by atoms with E-state index in [-0.39, 0.29) is 18.4 Å². The van der Waals surface area contributed by atoms with Gasteiger partial charge in [-0.3, -0.25) is 9.59 Å². The zero-order valence-electron chi connectivity index (χ0n) is 15.9. The van der Waals surface area contributed by atoms with Gasteiger partial charge in [-0.25, -0.2) is 0 Å². The monoisotopic (exact) mass is 396 g/mol. The van der Waals surface area contributed by atoms with Crippen LogP contribution in [-0.2, 0) is 11.8 Å². The average molecular weight is 397 g/mol. The van der Waals surface area contributed by atoms with Crippen LogP contribution in [0.3, 0.4) is 0 Å². The minimum atomic E-state index is -0.249. The minimum Gasteiger partial charge on any atom is -0.372 e. The number of anilines is 2. The predicted octanol–water partition coefficient (Wildman–Crippen LogP) is 3.60. The van der Waals surface area contributed by atoms with Crippen molar-refractivity contribution in [3.8, 4) is 0 Å². The van der Waals surface area contributed by atoms with Crippen molar-refractivity contribution in [2.45, 2.75) is 19.3 Å². The van der Waals surface area contributed by atoms with Crippen molar-refractivity contribution in [2.75, 3.05) is 29.9 Å². The normalized spacial score (nSPS) is 14.2. The van der Waals surface area contributed by atoms with E-state index < -0.39 is 0 Å². The topological polar surface area (TPSA) is 66.4 Å². The van der Waals surface area contributed by atoms with E-state index in [1.165, 1.54) is 24.9 Å². The molecule has 0 aliphatic carbocycles. The molecule has 2 aromatic heterocycles. The van der Waals surface area contributed by atoms with Crippen LogP contribution in [0.1, 0.15) is 29.8 Å². The highest BCUT2D eigenvalue weighted by molar-refractivity contribution is 7.17. The van der Waals surface area contributed by atoms with Crippen LogP contribution in [0.25, 0.3) is 10.2 Å². The molecule has 3 heterocycles. The molecule has 0 unspecified atom stereocenters. The number of benzene rings is 1. The summed E-state index contributed by atoms with van der Waals surface area (Å²) in [6.07, 6.45) is 3.77. The molecule has 2 N–H and O–H groups in total. The third kappa shape index (κ3) is 3.89. The quantitative estimate of drug-likeness (QED) is 0.693. The van der Waals surface area contributed by atoms with E-state index in [2.05, 4.69) is 15.5 Å². The van der Waals surface area contributed by atoms with Gasteiger partial charge < -0.3 is 20.1 Å². The number of aromatic nitrogens is 1. The maximum atomic E-state index is 12.4. The number of fused-ring (bicyclic) bond motifs is 1. The summed E-state index contributed by atoms with van der Waals surface area (Å²) in [6.45, 7) is 2.12. The molecule has 2 amide bonds. The van der Waals surface area contributed by atoms with E-state index in [1.54, 1.807) is 11.3 Å². The van der Waals surface area contributed by atoms with Gasteiger partial charge in [-0.1, -0.05) is 0 Å². The Morgan fingerprint density at radius 1 is 1.07 bits per heavy atom. The molecular formula is C21H24N4O2S. The highest BCUT2D eigenvalue weighted by Crippen LogP contribution is 2.24. The molecular weight excluding hydrogens is 372 g/mol. The van der Waals surface area contributed by atoms with Crippen LogP contribution in [-0.4, -0.2) is 36.0 Å². The molecule has 28 heavy (non-hydrogen) atoms. The van der Waals surface area contributed by atoms with E-state index in [1.807, 2.05) is 53.4 Å². The third-order valence-electron chi connectivity index (χ3n) is 5.18. The van der Waals surface area contributed by atoms with Crippen molar-refractivity contribution < 1.29 is 9.59 Å². The molecule has 0 spiro atoms. The minimum absolute atomic E-state index is 0.0639. The third-order valence-corrected chi connectivity index (χ3v) is 6.03. The van der Waals surface area contributed by atoms with E-state index in [0.29, 0.717) is 5.69 Å². The van der Waals surface area contributed by atoms with E-state index >= 15 is 0 Å². The molecule has 3 aromatic rings. The van der Waals surface area contributed by atoms with Crippen molar-refractivity contribution in [2.24, 2.45) is 7.05 Å². The first-order valence-corrected chi connectivity index (χ1v) is 10.5. The van der Waals surface area contributed by atoms with Crippen molar-refractivity contribution >= 4 is 44.7 Å². The molecule has 4 rings (SSSR count). The lowest BCUT2D eigenvalue weighted by Gasteiger charge is -2.28. The largest absolute Gasteiger partial charge is 0.372 e. The van der Waals surface area contributed by atoms with Crippen molar-refractivity contribution in [1.82, 2.24) is 9.88 Å². The van der Waals surface area contributed by atoms with Crippen molar-refractivity contribution in [1.29, 1.82) is 0 Å². The lowest BCUT2D eigenvalue weighted by molar-refractivity contribution is -0.115. The Bertz CT molecular complexity index is 984.